The Bertz CT molecular complexity index is 991. The normalized spacial score (nSPS) is 28.2. The first-order chi connectivity index (χ1) is 14.7. The Hall–Kier alpha value is -0.945. The van der Waals surface area contributed by atoms with Gasteiger partial charge in [0.05, 0.1) is 40.1 Å². The highest BCUT2D eigenvalue weighted by Gasteiger charge is 2.51. The van der Waals surface area contributed by atoms with Crippen LogP contribution in [0.4, 0.5) is 5.69 Å². The first-order valence-electron chi connectivity index (χ1n) is 11.0. The third kappa shape index (κ3) is 3.78. The quantitative estimate of drug-likeness (QED) is 0.505. The minimum atomic E-state index is -0.417. The number of hydrogen-bond acceptors (Lipinski definition) is 6. The van der Waals surface area contributed by atoms with Crippen molar-refractivity contribution in [2.24, 2.45) is 0 Å². The zero-order valence-corrected chi connectivity index (χ0v) is 20.5. The van der Waals surface area contributed by atoms with Gasteiger partial charge in [0.1, 0.15) is 0 Å². The predicted molar refractivity (Wildman–Crippen MR) is 129 cm³/mol. The number of pyridine rings is 1. The van der Waals surface area contributed by atoms with Crippen molar-refractivity contribution in [1.29, 1.82) is 0 Å². The van der Waals surface area contributed by atoms with Gasteiger partial charge in [-0.05, 0) is 45.6 Å². The lowest BCUT2D eigenvalue weighted by Crippen LogP contribution is -2.56. The molecule has 0 aliphatic carbocycles. The molecule has 3 atom stereocenters. The Morgan fingerprint density at radius 3 is 2.65 bits per heavy atom. The van der Waals surface area contributed by atoms with Crippen molar-refractivity contribution in [2.45, 2.75) is 57.5 Å². The van der Waals surface area contributed by atoms with Crippen LogP contribution in [0, 0.1) is 0 Å². The summed E-state index contributed by atoms with van der Waals surface area (Å²) >= 11 is 6.72. The molecule has 166 valence electrons. The molecule has 3 saturated heterocycles. The Morgan fingerprint density at radius 1 is 1.16 bits per heavy atom. The molecule has 0 bridgehead atoms. The number of anilines is 1. The number of nitrogens with zero attached hydrogens (tertiary/aromatic N) is 3. The number of rotatable bonds is 2. The van der Waals surface area contributed by atoms with Gasteiger partial charge < -0.3 is 18.9 Å². The second kappa shape index (κ2) is 7.83. The molecular formula is C22H30BClN3O3P. The van der Waals surface area contributed by atoms with E-state index in [-0.39, 0.29) is 17.3 Å². The lowest BCUT2D eigenvalue weighted by atomic mass is 9.78. The summed E-state index contributed by atoms with van der Waals surface area (Å²) < 4.78 is 21.0. The molecule has 3 fully saturated rings. The van der Waals surface area contributed by atoms with Crippen molar-refractivity contribution in [3.05, 3.63) is 29.4 Å². The van der Waals surface area contributed by atoms with E-state index >= 15 is 0 Å². The van der Waals surface area contributed by atoms with Gasteiger partial charge in [0, 0.05) is 37.3 Å². The predicted octanol–water partition coefficient (Wildman–Crippen LogP) is 3.26. The molecule has 31 heavy (non-hydrogen) atoms. The standard InChI is InChI=1S/C22H30BClN3O3P/c1-21(2)22(3,4)30-23(29-21)14-5-6-17-15(11-14)20(16(24)12-25-17)26-8-7-18-19(13-26)28-10-9-27(18)31/h5-6,11-12,18-19H,7-10,13,31H2,1-4H3/t18-,19-/m0/s1. The van der Waals surface area contributed by atoms with Gasteiger partial charge in [0.25, 0.3) is 0 Å². The number of benzene rings is 1. The molecule has 0 N–H and O–H groups in total. The number of morpholine rings is 1. The molecule has 1 aromatic heterocycles. The first-order valence-corrected chi connectivity index (χ1v) is 11.9. The Kier molecular flexibility index (Phi) is 5.52. The number of hydrogen-bond donors (Lipinski definition) is 0. The average molecular weight is 462 g/mol. The van der Waals surface area contributed by atoms with E-state index in [9.17, 15) is 0 Å². The van der Waals surface area contributed by atoms with E-state index in [2.05, 4.69) is 57.7 Å². The molecule has 0 amide bonds. The molecule has 6 nitrogen and oxygen atoms in total. The molecule has 1 aromatic carbocycles. The highest BCUT2D eigenvalue weighted by atomic mass is 35.5. The summed E-state index contributed by atoms with van der Waals surface area (Å²) in [6.45, 7) is 11.7. The van der Waals surface area contributed by atoms with Gasteiger partial charge in [-0.2, -0.15) is 0 Å². The highest BCUT2D eigenvalue weighted by Crippen LogP contribution is 2.39. The van der Waals surface area contributed by atoms with E-state index in [4.69, 9.17) is 25.6 Å². The zero-order chi connectivity index (χ0) is 22.0. The van der Waals surface area contributed by atoms with Gasteiger partial charge in [-0.25, -0.2) is 0 Å². The van der Waals surface area contributed by atoms with Crippen LogP contribution in [-0.4, -0.2) is 66.4 Å². The van der Waals surface area contributed by atoms with Gasteiger partial charge in [-0.15, -0.1) is 0 Å². The van der Waals surface area contributed by atoms with Crippen molar-refractivity contribution >= 4 is 50.2 Å². The molecule has 5 rings (SSSR count). The monoisotopic (exact) mass is 461 g/mol. The topological polar surface area (TPSA) is 47.1 Å². The van der Waals surface area contributed by atoms with E-state index in [1.807, 2.05) is 12.1 Å². The molecule has 0 radical (unpaired) electrons. The Morgan fingerprint density at radius 2 is 1.90 bits per heavy atom. The smallest absolute Gasteiger partial charge is 0.399 e. The molecule has 1 unspecified atom stereocenters. The van der Waals surface area contributed by atoms with Crippen LogP contribution in [0.25, 0.3) is 10.9 Å². The maximum absolute atomic E-state index is 6.72. The number of fused-ring (bicyclic) bond motifs is 2. The Balaban J connectivity index is 1.50. The van der Waals surface area contributed by atoms with E-state index in [1.165, 1.54) is 0 Å². The fourth-order valence-electron chi connectivity index (χ4n) is 4.74. The highest BCUT2D eigenvalue weighted by molar-refractivity contribution is 7.13. The summed E-state index contributed by atoms with van der Waals surface area (Å²) in [7, 11) is 2.45. The summed E-state index contributed by atoms with van der Waals surface area (Å²) in [5.41, 5.74) is 2.15. The minimum absolute atomic E-state index is 0.172. The van der Waals surface area contributed by atoms with Crippen LogP contribution in [0.3, 0.4) is 0 Å². The lowest BCUT2D eigenvalue weighted by Gasteiger charge is -2.46. The molecule has 3 aliphatic heterocycles. The summed E-state index contributed by atoms with van der Waals surface area (Å²) in [6, 6.07) is 6.63. The van der Waals surface area contributed by atoms with E-state index in [1.54, 1.807) is 6.20 Å². The summed E-state index contributed by atoms with van der Waals surface area (Å²) in [4.78, 5) is 6.92. The molecule has 3 aliphatic rings. The first kappa shape index (κ1) is 21.9. The van der Waals surface area contributed by atoms with E-state index < -0.39 is 7.12 Å². The van der Waals surface area contributed by atoms with Crippen molar-refractivity contribution < 1.29 is 14.0 Å². The lowest BCUT2D eigenvalue weighted by molar-refractivity contribution is -0.0423. The fourth-order valence-corrected chi connectivity index (χ4v) is 5.46. The van der Waals surface area contributed by atoms with Crippen LogP contribution in [-0.2, 0) is 14.0 Å². The van der Waals surface area contributed by atoms with Crippen molar-refractivity contribution in [1.82, 2.24) is 9.65 Å². The zero-order valence-electron chi connectivity index (χ0n) is 18.6. The van der Waals surface area contributed by atoms with Crippen LogP contribution < -0.4 is 10.4 Å². The van der Waals surface area contributed by atoms with Crippen LogP contribution in [0.1, 0.15) is 34.1 Å². The maximum Gasteiger partial charge on any atom is 0.494 e. The summed E-state index contributed by atoms with van der Waals surface area (Å²) in [5, 5.41) is 1.69. The summed E-state index contributed by atoms with van der Waals surface area (Å²) in [5.74, 6) is 0. The molecule has 0 spiro atoms. The Labute approximate surface area is 192 Å². The second-order valence-electron chi connectivity index (χ2n) is 9.77. The van der Waals surface area contributed by atoms with Gasteiger partial charge in [-0.1, -0.05) is 33.1 Å². The molecule has 9 heteroatoms. The van der Waals surface area contributed by atoms with Crippen LogP contribution >= 0.6 is 21.0 Å². The van der Waals surface area contributed by atoms with Crippen LogP contribution in [0.2, 0.25) is 5.02 Å². The molecule has 2 aromatic rings. The number of halogens is 1. The minimum Gasteiger partial charge on any atom is -0.399 e. The largest absolute Gasteiger partial charge is 0.494 e. The number of piperidine rings is 1. The van der Waals surface area contributed by atoms with Gasteiger partial charge in [0.2, 0.25) is 0 Å². The fraction of sp³-hybridized carbons (Fsp3) is 0.591. The molecule has 4 heterocycles. The van der Waals surface area contributed by atoms with Crippen LogP contribution in [0.5, 0.6) is 0 Å². The maximum atomic E-state index is 6.72. The van der Waals surface area contributed by atoms with Crippen molar-refractivity contribution in [3.8, 4) is 0 Å². The van der Waals surface area contributed by atoms with Gasteiger partial charge in [0.15, 0.2) is 0 Å². The second-order valence-corrected chi connectivity index (χ2v) is 10.8. The van der Waals surface area contributed by atoms with E-state index in [0.717, 1.165) is 54.7 Å². The third-order valence-electron chi connectivity index (χ3n) is 7.29. The average Bonchev–Trinajstić information content (AvgIpc) is 2.94. The van der Waals surface area contributed by atoms with Crippen LogP contribution in [0.15, 0.2) is 24.4 Å². The SMILES string of the molecule is CC1(C)OB(c2ccc3ncc(Cl)c(N4CC[C@H]5[C@H](C4)OCCN5P)c3c2)OC1(C)C. The van der Waals surface area contributed by atoms with Crippen molar-refractivity contribution in [2.75, 3.05) is 31.1 Å². The van der Waals surface area contributed by atoms with Crippen molar-refractivity contribution in [3.63, 3.8) is 0 Å². The molecule has 0 saturated carbocycles. The van der Waals surface area contributed by atoms with Gasteiger partial charge in [-0.3, -0.25) is 9.65 Å². The number of ether oxygens (including phenoxy) is 1. The third-order valence-corrected chi connectivity index (χ3v) is 8.21. The van der Waals surface area contributed by atoms with E-state index in [0.29, 0.717) is 11.1 Å². The number of aromatic nitrogens is 1. The summed E-state index contributed by atoms with van der Waals surface area (Å²) in [6.07, 6.45) is 2.96. The van der Waals surface area contributed by atoms with Gasteiger partial charge >= 0.3 is 7.12 Å². The molecular weight excluding hydrogens is 431 g/mol.